The Morgan fingerprint density at radius 3 is 2.80 bits per heavy atom. The van der Waals surface area contributed by atoms with Crippen LogP contribution in [0.15, 0.2) is 5.38 Å². The quantitative estimate of drug-likeness (QED) is 0.782. The molecule has 0 aromatic carbocycles. The molecule has 1 rings (SSSR count). The highest BCUT2D eigenvalue weighted by Gasteiger charge is 2.14. The minimum atomic E-state index is 0.178. The first-order valence-electron chi connectivity index (χ1n) is 5.42. The van der Waals surface area contributed by atoms with E-state index in [2.05, 4.69) is 29.5 Å². The van der Waals surface area contributed by atoms with E-state index in [1.54, 1.807) is 11.3 Å². The Bertz CT molecular complexity index is 288. The topological polar surface area (TPSA) is 45.1 Å². The number of thiazole rings is 1. The second kappa shape index (κ2) is 6.20. The fourth-order valence-corrected chi connectivity index (χ4v) is 2.07. The van der Waals surface area contributed by atoms with Gasteiger partial charge in [0.25, 0.3) is 0 Å². The van der Waals surface area contributed by atoms with Crippen LogP contribution >= 0.6 is 11.3 Å². The molecular formula is C11H20N2OS. The molecule has 4 heteroatoms. The number of aromatic nitrogens is 1. The third-order valence-electron chi connectivity index (χ3n) is 2.74. The van der Waals surface area contributed by atoms with Gasteiger partial charge in [-0.25, -0.2) is 4.98 Å². The first kappa shape index (κ1) is 12.6. The number of rotatable bonds is 6. The molecule has 0 aliphatic carbocycles. The van der Waals surface area contributed by atoms with E-state index in [0.29, 0.717) is 5.92 Å². The fourth-order valence-electron chi connectivity index (χ4n) is 1.46. The molecule has 0 saturated heterocycles. The van der Waals surface area contributed by atoms with E-state index in [0.717, 1.165) is 23.7 Å². The maximum Gasteiger partial charge on any atom is 0.0897 e. The van der Waals surface area contributed by atoms with Gasteiger partial charge in [0, 0.05) is 18.0 Å². The average molecular weight is 228 g/mol. The van der Waals surface area contributed by atoms with Crippen molar-refractivity contribution in [3.8, 4) is 0 Å². The summed E-state index contributed by atoms with van der Waals surface area (Å²) in [5, 5.41) is 15.7. The van der Waals surface area contributed by atoms with Crippen molar-refractivity contribution in [2.45, 2.75) is 39.8 Å². The van der Waals surface area contributed by atoms with Crippen molar-refractivity contribution in [3.05, 3.63) is 16.1 Å². The van der Waals surface area contributed by atoms with E-state index < -0.39 is 0 Å². The van der Waals surface area contributed by atoms with Crippen molar-refractivity contribution in [1.29, 1.82) is 0 Å². The summed E-state index contributed by atoms with van der Waals surface area (Å²) in [4.78, 5) is 4.38. The van der Waals surface area contributed by atoms with E-state index in [4.69, 9.17) is 0 Å². The highest BCUT2D eigenvalue weighted by molar-refractivity contribution is 7.09. The highest BCUT2D eigenvalue weighted by Crippen LogP contribution is 2.10. The van der Waals surface area contributed by atoms with Gasteiger partial charge in [-0.05, 0) is 12.8 Å². The van der Waals surface area contributed by atoms with E-state index in [-0.39, 0.29) is 12.6 Å². The standard InChI is InChI=1S/C11H20N2OS/c1-4-8(2)11(6-14)12-5-10-7-15-9(3)13-10/h7-8,11-12,14H,4-6H2,1-3H3. The van der Waals surface area contributed by atoms with Crippen LogP contribution < -0.4 is 5.32 Å². The van der Waals surface area contributed by atoms with Gasteiger partial charge in [0.05, 0.1) is 17.3 Å². The summed E-state index contributed by atoms with van der Waals surface area (Å²) in [5.41, 5.74) is 1.07. The monoisotopic (exact) mass is 228 g/mol. The summed E-state index contributed by atoms with van der Waals surface area (Å²) in [7, 11) is 0. The molecule has 0 amide bonds. The first-order chi connectivity index (χ1) is 7.17. The Hall–Kier alpha value is -0.450. The van der Waals surface area contributed by atoms with E-state index in [1.807, 2.05) is 6.92 Å². The molecule has 1 heterocycles. The molecule has 86 valence electrons. The molecule has 1 aromatic heterocycles. The Balaban J connectivity index is 2.40. The molecule has 0 aliphatic heterocycles. The van der Waals surface area contributed by atoms with Crippen LogP contribution in [0.3, 0.4) is 0 Å². The molecule has 0 radical (unpaired) electrons. The van der Waals surface area contributed by atoms with Gasteiger partial charge < -0.3 is 10.4 Å². The van der Waals surface area contributed by atoms with Crippen LogP contribution in [-0.2, 0) is 6.54 Å². The summed E-state index contributed by atoms with van der Waals surface area (Å²) in [6, 6.07) is 0.178. The minimum Gasteiger partial charge on any atom is -0.395 e. The predicted molar refractivity (Wildman–Crippen MR) is 64.0 cm³/mol. The van der Waals surface area contributed by atoms with E-state index in [9.17, 15) is 5.11 Å². The molecule has 15 heavy (non-hydrogen) atoms. The third kappa shape index (κ3) is 3.89. The SMILES string of the molecule is CCC(C)C(CO)NCc1csc(C)n1. The molecule has 0 aliphatic rings. The Morgan fingerprint density at radius 1 is 1.60 bits per heavy atom. The molecule has 1 aromatic rings. The smallest absolute Gasteiger partial charge is 0.0897 e. The van der Waals surface area contributed by atoms with Gasteiger partial charge in [0.15, 0.2) is 0 Å². The van der Waals surface area contributed by atoms with Crippen molar-refractivity contribution >= 4 is 11.3 Å². The molecule has 3 nitrogen and oxygen atoms in total. The van der Waals surface area contributed by atoms with Crippen LogP contribution in [-0.4, -0.2) is 22.7 Å². The Morgan fingerprint density at radius 2 is 2.33 bits per heavy atom. The van der Waals surface area contributed by atoms with Crippen LogP contribution in [0.1, 0.15) is 31.0 Å². The molecule has 2 N–H and O–H groups in total. The van der Waals surface area contributed by atoms with Crippen LogP contribution in [0.2, 0.25) is 0 Å². The molecule has 0 saturated carbocycles. The number of hydrogen-bond donors (Lipinski definition) is 2. The number of aliphatic hydroxyl groups excluding tert-OH is 1. The number of hydrogen-bond acceptors (Lipinski definition) is 4. The lowest BCUT2D eigenvalue weighted by Crippen LogP contribution is -2.37. The van der Waals surface area contributed by atoms with Gasteiger partial charge in [0.2, 0.25) is 0 Å². The fraction of sp³-hybridized carbons (Fsp3) is 0.727. The largest absolute Gasteiger partial charge is 0.395 e. The van der Waals surface area contributed by atoms with Crippen LogP contribution in [0, 0.1) is 12.8 Å². The number of nitrogens with one attached hydrogen (secondary N) is 1. The summed E-state index contributed by atoms with van der Waals surface area (Å²) in [6.07, 6.45) is 1.08. The lowest BCUT2D eigenvalue weighted by molar-refractivity contribution is 0.201. The maximum absolute atomic E-state index is 9.23. The van der Waals surface area contributed by atoms with Gasteiger partial charge in [-0.3, -0.25) is 0 Å². The van der Waals surface area contributed by atoms with Crippen LogP contribution in [0.5, 0.6) is 0 Å². The van der Waals surface area contributed by atoms with Gasteiger partial charge in [-0.15, -0.1) is 11.3 Å². The van der Waals surface area contributed by atoms with Gasteiger partial charge in [0.1, 0.15) is 0 Å². The normalized spacial score (nSPS) is 15.2. The molecule has 0 spiro atoms. The second-order valence-electron chi connectivity index (χ2n) is 3.91. The molecule has 2 unspecified atom stereocenters. The number of nitrogens with zero attached hydrogens (tertiary/aromatic N) is 1. The minimum absolute atomic E-state index is 0.178. The van der Waals surface area contributed by atoms with Crippen molar-refractivity contribution in [2.24, 2.45) is 5.92 Å². The lowest BCUT2D eigenvalue weighted by Gasteiger charge is -2.21. The molecule has 0 bridgehead atoms. The van der Waals surface area contributed by atoms with Crippen LogP contribution in [0.25, 0.3) is 0 Å². The summed E-state index contributed by atoms with van der Waals surface area (Å²) in [5.74, 6) is 0.495. The number of aryl methyl sites for hydroxylation is 1. The first-order valence-corrected chi connectivity index (χ1v) is 6.30. The van der Waals surface area contributed by atoms with E-state index >= 15 is 0 Å². The predicted octanol–water partition coefficient (Wildman–Crippen LogP) is 1.95. The zero-order chi connectivity index (χ0) is 11.3. The number of aliphatic hydroxyl groups is 1. The lowest BCUT2D eigenvalue weighted by atomic mass is 10.00. The van der Waals surface area contributed by atoms with Crippen molar-refractivity contribution in [3.63, 3.8) is 0 Å². The summed E-state index contributed by atoms with van der Waals surface area (Å²) < 4.78 is 0. The van der Waals surface area contributed by atoms with Gasteiger partial charge in [-0.2, -0.15) is 0 Å². The van der Waals surface area contributed by atoms with E-state index in [1.165, 1.54) is 0 Å². The molecule has 0 fully saturated rings. The zero-order valence-corrected chi connectivity index (χ0v) is 10.5. The summed E-state index contributed by atoms with van der Waals surface area (Å²) in [6.45, 7) is 7.24. The third-order valence-corrected chi connectivity index (χ3v) is 3.56. The Kier molecular flexibility index (Phi) is 5.22. The molecule has 2 atom stereocenters. The average Bonchev–Trinajstić information content (AvgIpc) is 2.64. The highest BCUT2D eigenvalue weighted by atomic mass is 32.1. The Labute approximate surface area is 95.6 Å². The van der Waals surface area contributed by atoms with Crippen LogP contribution in [0.4, 0.5) is 0 Å². The molecular weight excluding hydrogens is 208 g/mol. The van der Waals surface area contributed by atoms with Crippen molar-refractivity contribution in [2.75, 3.05) is 6.61 Å². The van der Waals surface area contributed by atoms with Crippen molar-refractivity contribution in [1.82, 2.24) is 10.3 Å². The maximum atomic E-state index is 9.23. The van der Waals surface area contributed by atoms with Gasteiger partial charge >= 0.3 is 0 Å². The van der Waals surface area contributed by atoms with Gasteiger partial charge in [-0.1, -0.05) is 20.3 Å². The van der Waals surface area contributed by atoms with Crippen molar-refractivity contribution < 1.29 is 5.11 Å². The summed E-state index contributed by atoms with van der Waals surface area (Å²) >= 11 is 1.66. The second-order valence-corrected chi connectivity index (χ2v) is 4.98. The zero-order valence-electron chi connectivity index (χ0n) is 9.66.